The minimum absolute atomic E-state index is 0.421. The molecule has 1 aromatic rings. The fourth-order valence-electron chi connectivity index (χ4n) is 2.37. The first-order valence-corrected chi connectivity index (χ1v) is 7.28. The van der Waals surface area contributed by atoms with E-state index in [9.17, 15) is 4.79 Å². The van der Waals surface area contributed by atoms with Crippen LogP contribution in [-0.2, 0) is 4.79 Å². The van der Waals surface area contributed by atoms with Crippen LogP contribution in [0.2, 0.25) is 0 Å². The van der Waals surface area contributed by atoms with Crippen LogP contribution in [0.1, 0.15) is 68.9 Å². The molecule has 100 valence electrons. The average molecular weight is 246 g/mol. The van der Waals surface area contributed by atoms with Crippen molar-refractivity contribution in [3.63, 3.8) is 0 Å². The molecule has 0 bridgehead atoms. The maximum Gasteiger partial charge on any atom is 0.120 e. The van der Waals surface area contributed by atoms with Crippen LogP contribution >= 0.6 is 0 Å². The van der Waals surface area contributed by atoms with Gasteiger partial charge in [-0.2, -0.15) is 0 Å². The third kappa shape index (κ3) is 5.48. The molecule has 0 heterocycles. The van der Waals surface area contributed by atoms with Crippen LogP contribution in [0.5, 0.6) is 0 Å². The molecule has 1 unspecified atom stereocenters. The van der Waals surface area contributed by atoms with Gasteiger partial charge < -0.3 is 4.79 Å². The molecule has 18 heavy (non-hydrogen) atoms. The number of hydrogen-bond donors (Lipinski definition) is 0. The van der Waals surface area contributed by atoms with Crippen molar-refractivity contribution in [1.29, 1.82) is 0 Å². The van der Waals surface area contributed by atoms with Crippen LogP contribution in [0.4, 0.5) is 0 Å². The van der Waals surface area contributed by atoms with Gasteiger partial charge in [-0.05, 0) is 24.8 Å². The van der Waals surface area contributed by atoms with E-state index in [0.29, 0.717) is 12.3 Å². The zero-order chi connectivity index (χ0) is 13.2. The molecule has 0 amide bonds. The summed E-state index contributed by atoms with van der Waals surface area (Å²) >= 11 is 0. The van der Waals surface area contributed by atoms with Crippen LogP contribution in [0.25, 0.3) is 0 Å². The molecule has 0 saturated carbocycles. The number of aryl methyl sites for hydroxylation is 1. The van der Waals surface area contributed by atoms with Crippen molar-refractivity contribution in [1.82, 2.24) is 0 Å². The van der Waals surface area contributed by atoms with E-state index in [1.807, 2.05) is 0 Å². The molecule has 0 aromatic heterocycles. The molecule has 0 spiro atoms. The van der Waals surface area contributed by atoms with Gasteiger partial charge in [0.1, 0.15) is 6.29 Å². The van der Waals surface area contributed by atoms with Crippen LogP contribution in [0, 0.1) is 6.92 Å². The van der Waals surface area contributed by atoms with Crippen molar-refractivity contribution in [2.45, 2.75) is 64.7 Å². The summed E-state index contributed by atoms with van der Waals surface area (Å²) in [5.41, 5.74) is 2.61. The van der Waals surface area contributed by atoms with Crippen LogP contribution < -0.4 is 0 Å². The van der Waals surface area contributed by atoms with E-state index in [4.69, 9.17) is 0 Å². The molecule has 0 saturated heterocycles. The number of rotatable bonds is 9. The molecule has 1 atom stereocenters. The number of hydrogen-bond acceptors (Lipinski definition) is 1. The number of carbonyl (C=O) groups excluding carboxylic acids is 1. The molecule has 1 aromatic carbocycles. The van der Waals surface area contributed by atoms with Crippen molar-refractivity contribution in [2.75, 3.05) is 0 Å². The molecule has 0 aliphatic heterocycles. The lowest BCUT2D eigenvalue weighted by molar-refractivity contribution is -0.108. The minimum atomic E-state index is 0.421. The quantitative estimate of drug-likeness (QED) is 0.441. The summed E-state index contributed by atoms with van der Waals surface area (Å²) in [4.78, 5) is 10.8. The van der Waals surface area contributed by atoms with Crippen LogP contribution in [0.15, 0.2) is 24.3 Å². The predicted octanol–water partition coefficient (Wildman–Crippen LogP) is 5.03. The van der Waals surface area contributed by atoms with Gasteiger partial charge in [0.05, 0.1) is 0 Å². The van der Waals surface area contributed by atoms with E-state index in [1.165, 1.54) is 43.2 Å². The normalized spacial score (nSPS) is 12.3. The first-order chi connectivity index (χ1) is 8.77. The number of benzene rings is 1. The number of carbonyl (C=O) groups is 1. The zero-order valence-corrected chi connectivity index (χ0v) is 11.8. The third-order valence-corrected chi connectivity index (χ3v) is 3.59. The summed E-state index contributed by atoms with van der Waals surface area (Å²) in [5.74, 6) is 0.421. The summed E-state index contributed by atoms with van der Waals surface area (Å²) in [6, 6.07) is 8.64. The largest absolute Gasteiger partial charge is 0.303 e. The second kappa shape index (κ2) is 8.91. The first-order valence-electron chi connectivity index (χ1n) is 7.28. The number of aldehydes is 1. The van der Waals surface area contributed by atoms with Gasteiger partial charge in [0, 0.05) is 6.42 Å². The highest BCUT2D eigenvalue weighted by Gasteiger charge is 2.10. The van der Waals surface area contributed by atoms with Crippen molar-refractivity contribution in [3.8, 4) is 0 Å². The molecule has 0 aliphatic rings. The van der Waals surface area contributed by atoms with Gasteiger partial charge in [0.25, 0.3) is 0 Å². The summed E-state index contributed by atoms with van der Waals surface area (Å²) in [6.07, 6.45) is 9.37. The summed E-state index contributed by atoms with van der Waals surface area (Å²) in [7, 11) is 0. The maximum atomic E-state index is 10.8. The second-order valence-corrected chi connectivity index (χ2v) is 5.21. The van der Waals surface area contributed by atoms with E-state index in [0.717, 1.165) is 12.7 Å². The Hall–Kier alpha value is -1.11. The Morgan fingerprint density at radius 1 is 1.06 bits per heavy atom. The lowest BCUT2D eigenvalue weighted by atomic mass is 9.90. The van der Waals surface area contributed by atoms with Crippen molar-refractivity contribution < 1.29 is 4.79 Å². The van der Waals surface area contributed by atoms with E-state index >= 15 is 0 Å². The van der Waals surface area contributed by atoms with Gasteiger partial charge in [-0.15, -0.1) is 0 Å². The topological polar surface area (TPSA) is 17.1 Å². The first kappa shape index (κ1) is 14.9. The smallest absolute Gasteiger partial charge is 0.120 e. The van der Waals surface area contributed by atoms with Crippen LogP contribution in [-0.4, -0.2) is 6.29 Å². The van der Waals surface area contributed by atoms with Gasteiger partial charge in [-0.25, -0.2) is 0 Å². The summed E-state index contributed by atoms with van der Waals surface area (Å²) in [5, 5.41) is 0. The Morgan fingerprint density at radius 2 is 1.72 bits per heavy atom. The number of unbranched alkanes of at least 4 members (excludes halogenated alkanes) is 4. The summed E-state index contributed by atoms with van der Waals surface area (Å²) in [6.45, 7) is 4.34. The molecule has 1 nitrogen and oxygen atoms in total. The fourth-order valence-corrected chi connectivity index (χ4v) is 2.37. The van der Waals surface area contributed by atoms with E-state index in [1.54, 1.807) is 0 Å². The van der Waals surface area contributed by atoms with E-state index < -0.39 is 0 Å². The zero-order valence-electron chi connectivity index (χ0n) is 11.8. The summed E-state index contributed by atoms with van der Waals surface area (Å²) < 4.78 is 0. The van der Waals surface area contributed by atoms with Crippen molar-refractivity contribution in [3.05, 3.63) is 35.4 Å². The van der Waals surface area contributed by atoms with Crippen molar-refractivity contribution >= 4 is 6.29 Å². The Labute approximate surface area is 112 Å². The SMILES string of the molecule is CCCCCCCC(CC=O)c1ccc(C)cc1. The molecule has 0 radical (unpaired) electrons. The van der Waals surface area contributed by atoms with Crippen molar-refractivity contribution in [2.24, 2.45) is 0 Å². The van der Waals surface area contributed by atoms with Gasteiger partial charge in [0.2, 0.25) is 0 Å². The highest BCUT2D eigenvalue weighted by molar-refractivity contribution is 5.51. The third-order valence-electron chi connectivity index (χ3n) is 3.59. The fraction of sp³-hybridized carbons (Fsp3) is 0.588. The molecule has 0 N–H and O–H groups in total. The van der Waals surface area contributed by atoms with E-state index in [2.05, 4.69) is 38.1 Å². The standard InChI is InChI=1S/C17H26O/c1-3-4-5-6-7-8-16(13-14-18)17-11-9-15(2)10-12-17/h9-12,14,16H,3-8,13H2,1-2H3. The second-order valence-electron chi connectivity index (χ2n) is 5.21. The van der Waals surface area contributed by atoms with Gasteiger partial charge in [0.15, 0.2) is 0 Å². The average Bonchev–Trinajstić information content (AvgIpc) is 2.38. The lowest BCUT2D eigenvalue weighted by Gasteiger charge is -2.14. The van der Waals surface area contributed by atoms with Gasteiger partial charge in [-0.1, -0.05) is 68.9 Å². The Balaban J connectivity index is 2.44. The van der Waals surface area contributed by atoms with Gasteiger partial charge >= 0.3 is 0 Å². The molecular formula is C17H26O. The minimum Gasteiger partial charge on any atom is -0.303 e. The Bertz CT molecular complexity index is 326. The molecule has 1 rings (SSSR count). The van der Waals surface area contributed by atoms with Crippen LogP contribution in [0.3, 0.4) is 0 Å². The predicted molar refractivity (Wildman–Crippen MR) is 78.0 cm³/mol. The molecule has 0 fully saturated rings. The molecule has 1 heteroatoms. The highest BCUT2D eigenvalue weighted by atomic mass is 16.1. The monoisotopic (exact) mass is 246 g/mol. The Kier molecular flexibility index (Phi) is 7.40. The van der Waals surface area contributed by atoms with E-state index in [-0.39, 0.29) is 0 Å². The maximum absolute atomic E-state index is 10.8. The highest BCUT2D eigenvalue weighted by Crippen LogP contribution is 2.25. The Morgan fingerprint density at radius 3 is 2.33 bits per heavy atom. The van der Waals surface area contributed by atoms with Gasteiger partial charge in [-0.3, -0.25) is 0 Å². The lowest BCUT2D eigenvalue weighted by Crippen LogP contribution is -2.00. The molecule has 0 aliphatic carbocycles. The molecular weight excluding hydrogens is 220 g/mol.